The van der Waals surface area contributed by atoms with Crippen molar-refractivity contribution in [1.29, 1.82) is 0 Å². The third-order valence-electron chi connectivity index (χ3n) is 3.31. The van der Waals surface area contributed by atoms with Crippen molar-refractivity contribution < 1.29 is 0 Å². The molecule has 20 heavy (non-hydrogen) atoms. The highest BCUT2D eigenvalue weighted by atomic mass is 35.5. The Labute approximate surface area is 126 Å². The molecule has 2 aromatic rings. The molecule has 1 aromatic carbocycles. The number of hydrogen-bond donors (Lipinski definition) is 1. The van der Waals surface area contributed by atoms with Crippen LogP contribution in [0.1, 0.15) is 36.2 Å². The van der Waals surface area contributed by atoms with Gasteiger partial charge in [-0.15, -0.1) is 0 Å². The highest BCUT2D eigenvalue weighted by molar-refractivity contribution is 6.31. The Hall–Kier alpha value is -1.38. The maximum Gasteiger partial charge on any atom is 0.0456 e. The molecule has 3 heteroatoms. The molecule has 0 bridgehead atoms. The van der Waals surface area contributed by atoms with Crippen molar-refractivity contribution in [1.82, 2.24) is 10.3 Å². The van der Waals surface area contributed by atoms with Gasteiger partial charge in [0.05, 0.1) is 0 Å². The van der Waals surface area contributed by atoms with Crippen LogP contribution in [0.3, 0.4) is 0 Å². The molecule has 0 aliphatic carbocycles. The Morgan fingerprint density at radius 3 is 2.75 bits per heavy atom. The van der Waals surface area contributed by atoms with Crippen molar-refractivity contribution in [3.8, 4) is 0 Å². The third kappa shape index (κ3) is 4.06. The minimum atomic E-state index is 0.206. The number of halogens is 1. The van der Waals surface area contributed by atoms with E-state index in [0.717, 1.165) is 35.7 Å². The Kier molecular flexibility index (Phi) is 5.57. The molecule has 1 atom stereocenters. The van der Waals surface area contributed by atoms with Gasteiger partial charge in [-0.1, -0.05) is 36.7 Å². The van der Waals surface area contributed by atoms with Gasteiger partial charge in [0, 0.05) is 29.4 Å². The van der Waals surface area contributed by atoms with Crippen LogP contribution >= 0.6 is 11.6 Å². The second-order valence-electron chi connectivity index (χ2n) is 5.06. The number of nitrogens with zero attached hydrogens (tertiary/aromatic N) is 1. The zero-order valence-electron chi connectivity index (χ0n) is 12.1. The number of hydrogen-bond acceptors (Lipinski definition) is 2. The lowest BCUT2D eigenvalue weighted by atomic mass is 10.00. The predicted octanol–water partition coefficient (Wildman–Crippen LogP) is 4.33. The van der Waals surface area contributed by atoms with Gasteiger partial charge in [0.1, 0.15) is 0 Å². The fourth-order valence-corrected chi connectivity index (χ4v) is 2.62. The van der Waals surface area contributed by atoms with Gasteiger partial charge in [-0.05, 0) is 49.2 Å². The smallest absolute Gasteiger partial charge is 0.0456 e. The number of benzene rings is 1. The zero-order chi connectivity index (χ0) is 14.4. The highest BCUT2D eigenvalue weighted by Gasteiger charge is 2.15. The Morgan fingerprint density at radius 2 is 2.10 bits per heavy atom. The molecule has 0 amide bonds. The minimum absolute atomic E-state index is 0.206. The van der Waals surface area contributed by atoms with Crippen LogP contribution in [0.5, 0.6) is 0 Å². The maximum atomic E-state index is 6.41. The van der Waals surface area contributed by atoms with Crippen molar-refractivity contribution in [3.63, 3.8) is 0 Å². The van der Waals surface area contributed by atoms with E-state index in [1.54, 1.807) is 0 Å². The molecular weight excluding hydrogens is 268 g/mol. The molecule has 106 valence electrons. The molecule has 2 nitrogen and oxygen atoms in total. The molecule has 0 aliphatic heterocycles. The Balaban J connectivity index is 2.22. The number of pyridine rings is 1. The van der Waals surface area contributed by atoms with E-state index in [4.69, 9.17) is 11.6 Å². The van der Waals surface area contributed by atoms with Crippen LogP contribution in [0.15, 0.2) is 42.6 Å². The summed E-state index contributed by atoms with van der Waals surface area (Å²) in [4.78, 5) is 4.42. The van der Waals surface area contributed by atoms with Gasteiger partial charge in [-0.3, -0.25) is 4.98 Å². The van der Waals surface area contributed by atoms with Crippen LogP contribution in [0.4, 0.5) is 0 Å². The van der Waals surface area contributed by atoms with E-state index in [0.29, 0.717) is 0 Å². The fourth-order valence-electron chi connectivity index (χ4n) is 2.25. The first-order chi connectivity index (χ1) is 9.70. The van der Waals surface area contributed by atoms with E-state index in [9.17, 15) is 0 Å². The second kappa shape index (κ2) is 7.41. The standard InChI is InChI=1S/C17H21ClN2/c1-3-9-20-17(12-14-6-4-5-10-19-14)15-8-7-13(2)11-16(15)18/h4-8,10-11,17,20H,3,9,12H2,1-2H3. The molecule has 2 rings (SSSR count). The van der Waals surface area contributed by atoms with Gasteiger partial charge in [0.2, 0.25) is 0 Å². The number of aryl methyl sites for hydroxylation is 1. The number of nitrogens with one attached hydrogen (secondary N) is 1. The number of aromatic nitrogens is 1. The molecule has 1 unspecified atom stereocenters. The van der Waals surface area contributed by atoms with Gasteiger partial charge in [-0.25, -0.2) is 0 Å². The summed E-state index contributed by atoms with van der Waals surface area (Å²) in [7, 11) is 0. The molecule has 0 saturated heterocycles. The quantitative estimate of drug-likeness (QED) is 0.856. The van der Waals surface area contributed by atoms with Crippen molar-refractivity contribution in [3.05, 3.63) is 64.4 Å². The minimum Gasteiger partial charge on any atom is -0.310 e. The van der Waals surface area contributed by atoms with Crippen molar-refractivity contribution in [2.75, 3.05) is 6.54 Å². The molecule has 0 saturated carbocycles. The predicted molar refractivity (Wildman–Crippen MR) is 85.2 cm³/mol. The van der Waals surface area contributed by atoms with E-state index >= 15 is 0 Å². The van der Waals surface area contributed by atoms with Crippen molar-refractivity contribution >= 4 is 11.6 Å². The van der Waals surface area contributed by atoms with Gasteiger partial charge in [-0.2, -0.15) is 0 Å². The van der Waals surface area contributed by atoms with E-state index in [2.05, 4.69) is 42.3 Å². The summed E-state index contributed by atoms with van der Waals surface area (Å²) in [6.45, 7) is 5.20. The van der Waals surface area contributed by atoms with Crippen molar-refractivity contribution in [2.24, 2.45) is 0 Å². The summed E-state index contributed by atoms with van der Waals surface area (Å²) in [5.74, 6) is 0. The van der Waals surface area contributed by atoms with Gasteiger partial charge in [0.25, 0.3) is 0 Å². The third-order valence-corrected chi connectivity index (χ3v) is 3.64. The Bertz CT molecular complexity index is 540. The van der Waals surface area contributed by atoms with Crippen LogP contribution in [0.25, 0.3) is 0 Å². The maximum absolute atomic E-state index is 6.41. The van der Waals surface area contributed by atoms with E-state index in [-0.39, 0.29) is 6.04 Å². The summed E-state index contributed by atoms with van der Waals surface area (Å²) in [6, 6.07) is 12.5. The largest absolute Gasteiger partial charge is 0.310 e. The van der Waals surface area contributed by atoms with E-state index in [1.807, 2.05) is 24.4 Å². The SMILES string of the molecule is CCCNC(Cc1ccccn1)c1ccc(C)cc1Cl. The second-order valence-corrected chi connectivity index (χ2v) is 5.46. The van der Waals surface area contributed by atoms with Gasteiger partial charge in [0.15, 0.2) is 0 Å². The topological polar surface area (TPSA) is 24.9 Å². The van der Waals surface area contributed by atoms with Gasteiger partial charge < -0.3 is 5.32 Å². The van der Waals surface area contributed by atoms with Crippen molar-refractivity contribution in [2.45, 2.75) is 32.7 Å². The van der Waals surface area contributed by atoms with Crippen LogP contribution in [-0.4, -0.2) is 11.5 Å². The highest BCUT2D eigenvalue weighted by Crippen LogP contribution is 2.26. The van der Waals surface area contributed by atoms with E-state index < -0.39 is 0 Å². The average molecular weight is 289 g/mol. The van der Waals surface area contributed by atoms with Crippen LogP contribution in [-0.2, 0) is 6.42 Å². The summed E-state index contributed by atoms with van der Waals surface area (Å²) in [6.07, 6.45) is 3.79. The molecule has 0 aliphatic rings. The monoisotopic (exact) mass is 288 g/mol. The lowest BCUT2D eigenvalue weighted by molar-refractivity contribution is 0.524. The molecule has 0 fully saturated rings. The van der Waals surface area contributed by atoms with Crippen LogP contribution < -0.4 is 5.32 Å². The van der Waals surface area contributed by atoms with Crippen LogP contribution in [0, 0.1) is 6.92 Å². The first-order valence-corrected chi connectivity index (χ1v) is 7.48. The number of rotatable bonds is 6. The molecule has 1 heterocycles. The summed E-state index contributed by atoms with van der Waals surface area (Å²) >= 11 is 6.41. The van der Waals surface area contributed by atoms with Gasteiger partial charge >= 0.3 is 0 Å². The first kappa shape index (κ1) is 15.0. The first-order valence-electron chi connectivity index (χ1n) is 7.10. The summed E-state index contributed by atoms with van der Waals surface area (Å²) in [5, 5.41) is 4.40. The normalized spacial score (nSPS) is 12.3. The van der Waals surface area contributed by atoms with Crippen LogP contribution in [0.2, 0.25) is 5.02 Å². The molecule has 1 aromatic heterocycles. The molecular formula is C17H21ClN2. The average Bonchev–Trinajstić information content (AvgIpc) is 2.45. The van der Waals surface area contributed by atoms with E-state index in [1.165, 1.54) is 5.56 Å². The lowest BCUT2D eigenvalue weighted by Gasteiger charge is -2.20. The summed E-state index contributed by atoms with van der Waals surface area (Å²) in [5.41, 5.74) is 3.42. The Morgan fingerprint density at radius 1 is 1.25 bits per heavy atom. The molecule has 0 radical (unpaired) electrons. The summed E-state index contributed by atoms with van der Waals surface area (Å²) < 4.78 is 0. The fraction of sp³-hybridized carbons (Fsp3) is 0.353. The molecule has 1 N–H and O–H groups in total. The lowest BCUT2D eigenvalue weighted by Crippen LogP contribution is -2.24. The molecule has 0 spiro atoms. The zero-order valence-corrected chi connectivity index (χ0v) is 12.8.